The number of nitrogens with one attached hydrogen (secondary N) is 2. The van der Waals surface area contributed by atoms with Crippen LogP contribution in [0.25, 0.3) is 0 Å². The zero-order valence-electron chi connectivity index (χ0n) is 77.9. The lowest BCUT2D eigenvalue weighted by Gasteiger charge is -2.51. The Kier molecular flexibility index (Phi) is 61.8. The Balaban J connectivity index is 0.000000434. The highest BCUT2D eigenvalue weighted by atomic mass is 16.8. The van der Waals surface area contributed by atoms with E-state index in [1.807, 2.05) is 61.5 Å². The van der Waals surface area contributed by atoms with Crippen molar-refractivity contribution in [3.63, 3.8) is 0 Å². The second kappa shape index (κ2) is 67.3. The minimum Gasteiger partial charge on any atom is -0.481 e. The minimum atomic E-state index is -1.01. The van der Waals surface area contributed by atoms with Gasteiger partial charge >= 0.3 is 5.97 Å². The third-order valence-corrected chi connectivity index (χ3v) is 22.6. The molecule has 6 heterocycles. The fraction of sp³-hybridized carbons (Fsp3) is 0.885. The summed E-state index contributed by atoms with van der Waals surface area (Å²) >= 11 is 0. The number of hydrogen-bond donors (Lipinski definition) is 4. The van der Waals surface area contributed by atoms with Gasteiger partial charge in [0.05, 0.1) is 51.4 Å². The average Bonchev–Trinajstić information content (AvgIpc) is 0.747. The number of ether oxygens (including phenoxy) is 15. The van der Waals surface area contributed by atoms with Crippen molar-refractivity contribution in [1.82, 2.24) is 10.6 Å². The molecule has 0 aliphatic carbocycles. The molecule has 0 aromatic rings. The summed E-state index contributed by atoms with van der Waals surface area (Å²) in [6.45, 7) is 34.8. The number of Topliss-reactive ketones (excluding diaryl/α,β-unsaturated/α-hetero) is 2. The van der Waals surface area contributed by atoms with Crippen LogP contribution in [0.4, 0.5) is 0 Å². The molecule has 0 aromatic carbocycles. The van der Waals surface area contributed by atoms with Crippen LogP contribution in [-0.2, 0) is 95.0 Å². The Morgan fingerprint density at radius 1 is 0.408 bits per heavy atom. The van der Waals surface area contributed by atoms with Gasteiger partial charge in [-0.25, -0.2) is 0 Å². The fourth-order valence-corrected chi connectivity index (χ4v) is 15.9. The van der Waals surface area contributed by atoms with Gasteiger partial charge in [0.25, 0.3) is 0 Å². The molecule has 0 spiro atoms. The quantitative estimate of drug-likeness (QED) is 0.0190. The number of ketones is 2. The number of carbonyl (C=O) groups is 5. The van der Waals surface area contributed by atoms with Crippen LogP contribution in [0.3, 0.4) is 0 Å². The minimum absolute atomic E-state index is 0.0363. The normalized spacial score (nSPS) is 25.8. The van der Waals surface area contributed by atoms with Crippen molar-refractivity contribution < 1.29 is 100 Å². The predicted octanol–water partition coefficient (Wildman–Crippen LogP) is 20.6. The van der Waals surface area contributed by atoms with Crippen molar-refractivity contribution in [2.75, 3.05) is 46.2 Å². The summed E-state index contributed by atoms with van der Waals surface area (Å²) in [6.07, 6.45) is 54.9. The summed E-state index contributed by atoms with van der Waals surface area (Å²) in [4.78, 5) is 59.1. The number of rotatable bonds is 63. The molecule has 5 N–H and O–H groups in total. The maximum atomic E-state index is 13.2. The molecule has 0 aromatic heterocycles. The van der Waals surface area contributed by atoms with Crippen LogP contribution >= 0.6 is 0 Å². The van der Waals surface area contributed by atoms with Crippen LogP contribution < -0.4 is 16.4 Å². The van der Waals surface area contributed by atoms with E-state index in [0.717, 1.165) is 64.2 Å². The number of unbranched alkanes of at least 4 members (excludes halogenated alkanes) is 37. The molecule has 6 aliphatic heterocycles. The molecule has 6 saturated heterocycles. The summed E-state index contributed by atoms with van der Waals surface area (Å²) < 4.78 is 90.8. The first-order chi connectivity index (χ1) is 57.8. The molecule has 6 rings (SSSR count). The van der Waals surface area contributed by atoms with Crippen molar-refractivity contribution in [2.24, 2.45) is 5.73 Å². The van der Waals surface area contributed by atoms with Crippen LogP contribution in [0.5, 0.6) is 0 Å². The molecule has 15 atom stereocenters. The van der Waals surface area contributed by atoms with E-state index < -0.39 is 78.6 Å². The number of carboxylic acids is 1. The second-order valence-corrected chi connectivity index (χ2v) is 35.2. The first kappa shape index (κ1) is 110. The second-order valence-electron chi connectivity index (χ2n) is 35.2. The van der Waals surface area contributed by atoms with Gasteiger partial charge in [0.2, 0.25) is 24.4 Å². The van der Waals surface area contributed by atoms with Crippen molar-refractivity contribution in [2.45, 2.75) is 502 Å². The number of amides is 2. The number of fused-ring (bicyclic) bond motifs is 3. The standard InChI is InChI=1S/C36H65NO7.C24H43NO6.C22H41NO5.C14H26O3/c1-6-9-11-13-15-17-18-20-22-24-29(38)27-31(39)37-32-34(40-26-23-21-19-16-14-12-10-7-2)33-30(28-42-36(4,5)44-33)43-35(32)41-25-8-3;1-6-8-9-10-11-12-13-14-16-27-22-20(25-18(3)26)23(28-15-7-2)30-19-17-29-24(4,5)31-21(19)22;1-5-7-8-9-10-11-12-13-15-24-20-18(23)21(25-14-6-2)27-17-16-26-22(3,4)28-19(17)20;1-2-3-4-5-6-7-8-9-10-11-13(15)12-14(16)17/h8,25,30,32-35H,6-7,9-24,26-28H2,1-5H3,(H,37,39);7,19-23H,2,6,8-17H2,1,3-5H3,(H,25,26);6,14,17-21H,5,7-13,15-16,23H2,1-4H3;2-12H2,1H3,(H,16,17)/b25-8-;;14-6-;/t30-,32-,33-,34-,35+;19-,20-,21-,22-,23+;17-,18-,19-,20-,21+;/m111./s1. The van der Waals surface area contributed by atoms with Gasteiger partial charge in [0.15, 0.2) is 23.7 Å². The highest BCUT2D eigenvalue weighted by molar-refractivity contribution is 5.98. The lowest BCUT2D eigenvalue weighted by molar-refractivity contribution is -0.371. The van der Waals surface area contributed by atoms with Crippen molar-refractivity contribution in [3.05, 3.63) is 37.3 Å². The van der Waals surface area contributed by atoms with Crippen LogP contribution in [0.15, 0.2) is 37.3 Å². The summed E-state index contributed by atoms with van der Waals surface area (Å²) in [6, 6.07) is -1.52. The van der Waals surface area contributed by atoms with Crippen molar-refractivity contribution in [1.29, 1.82) is 0 Å². The van der Waals surface area contributed by atoms with Gasteiger partial charge in [-0.3, -0.25) is 24.0 Å². The van der Waals surface area contributed by atoms with E-state index in [1.165, 1.54) is 212 Å². The maximum absolute atomic E-state index is 13.2. The number of carbonyl (C=O) groups excluding carboxylic acids is 4. The SMILES string of the molecule is C/C=C\O[C@H]1O[C@@H]2COC(C)(C)O[C@H]2[C@H](OCCCCCCCCCC)[C@H]1N.C/C=C\O[C@H]1O[C@@H]2COC(C)(C)O[C@H]2[C@H](OCCCCCCCCCC)[C@H]1NC(=O)CC(=O)CCCCCCCCCCC.C=CCO[C@H]1O[C@@H]2COC(C)(C)O[C@H]2[C@H](OCCCCCCCCCC)[C@H]1NC(C)=O.CCCCCCCCCCCC(=O)CC(=O)O. The zero-order valence-corrected chi connectivity index (χ0v) is 77.9. The molecule has 6 fully saturated rings. The van der Waals surface area contributed by atoms with E-state index in [1.54, 1.807) is 24.7 Å². The Bertz CT molecular complexity index is 2680. The Morgan fingerprint density at radius 2 is 0.708 bits per heavy atom. The molecule has 2 amide bonds. The number of hydrogen-bond acceptors (Lipinski definition) is 21. The number of nitrogens with two attached hydrogens (primary N) is 1. The Labute approximate surface area is 727 Å². The lowest BCUT2D eigenvalue weighted by Crippen LogP contribution is -2.69. The Morgan fingerprint density at radius 3 is 1.05 bits per heavy atom. The molecule has 24 nitrogen and oxygen atoms in total. The Hall–Kier alpha value is -3.99. The first-order valence-corrected chi connectivity index (χ1v) is 47.9. The van der Waals surface area contributed by atoms with E-state index >= 15 is 0 Å². The van der Waals surface area contributed by atoms with Gasteiger partial charge in [0, 0.05) is 39.6 Å². The van der Waals surface area contributed by atoms with Gasteiger partial charge in [-0.15, -0.1) is 6.58 Å². The third-order valence-electron chi connectivity index (χ3n) is 22.6. The van der Waals surface area contributed by atoms with Gasteiger partial charge < -0.3 is 92.5 Å². The van der Waals surface area contributed by atoms with Crippen molar-refractivity contribution in [3.8, 4) is 0 Å². The van der Waals surface area contributed by atoms with Crippen LogP contribution in [0.2, 0.25) is 0 Å². The van der Waals surface area contributed by atoms with E-state index in [2.05, 4.69) is 51.8 Å². The summed E-state index contributed by atoms with van der Waals surface area (Å²) in [5, 5.41) is 14.4. The van der Waals surface area contributed by atoms with E-state index in [9.17, 15) is 24.0 Å². The predicted molar refractivity (Wildman–Crippen MR) is 474 cm³/mol. The van der Waals surface area contributed by atoms with Crippen LogP contribution in [-0.4, -0.2) is 190 Å². The highest BCUT2D eigenvalue weighted by Gasteiger charge is 2.56. The monoisotopic (exact) mass is 1710 g/mol. The first-order valence-electron chi connectivity index (χ1n) is 47.9. The van der Waals surface area contributed by atoms with Gasteiger partial charge in [0.1, 0.15) is 85.0 Å². The van der Waals surface area contributed by atoms with Gasteiger partial charge in [-0.2, -0.15) is 0 Å². The molecule has 0 bridgehead atoms. The molecule has 0 saturated carbocycles. The lowest BCUT2D eigenvalue weighted by atomic mass is 9.94. The van der Waals surface area contributed by atoms with E-state index in [-0.39, 0.29) is 72.8 Å². The molecule has 6 aliphatic rings. The summed E-state index contributed by atoms with van der Waals surface area (Å²) in [5.41, 5.74) is 6.44. The molecule has 0 unspecified atom stereocenters. The van der Waals surface area contributed by atoms with Crippen molar-refractivity contribution >= 4 is 29.4 Å². The zero-order chi connectivity index (χ0) is 88.1. The summed E-state index contributed by atoms with van der Waals surface area (Å²) in [7, 11) is 0. The molecule has 0 radical (unpaired) electrons. The molecule has 700 valence electrons. The van der Waals surface area contributed by atoms with Crippen LogP contribution in [0, 0.1) is 0 Å². The van der Waals surface area contributed by atoms with Gasteiger partial charge in [-0.1, -0.05) is 290 Å². The van der Waals surface area contributed by atoms with Crippen LogP contribution in [0.1, 0.15) is 392 Å². The van der Waals surface area contributed by atoms with E-state index in [4.69, 9.17) is 81.9 Å². The molecule has 24 heteroatoms. The molecular formula is C96H175N3O21. The van der Waals surface area contributed by atoms with E-state index in [0.29, 0.717) is 59.1 Å². The number of carboxylic acid groups (broad SMARTS) is 1. The number of aliphatic carboxylic acids is 1. The average molecular weight is 1710 g/mol. The molecule has 120 heavy (non-hydrogen) atoms. The topological polar surface area (TPSA) is 294 Å². The largest absolute Gasteiger partial charge is 0.481 e. The fourth-order valence-electron chi connectivity index (χ4n) is 15.9. The highest BCUT2D eigenvalue weighted by Crippen LogP contribution is 2.38. The number of allylic oxidation sites excluding steroid dienone is 2. The third kappa shape index (κ3) is 49.2. The molecular weight excluding hydrogens is 1530 g/mol. The smallest absolute Gasteiger partial charge is 0.310 e. The van der Waals surface area contributed by atoms with Gasteiger partial charge in [-0.05, 0) is 87.5 Å². The maximum Gasteiger partial charge on any atom is 0.310 e. The summed E-state index contributed by atoms with van der Waals surface area (Å²) in [5.74, 6) is -3.88.